The number of nitrogens with one attached hydrogen (secondary N) is 2. The van der Waals surface area contributed by atoms with Crippen molar-refractivity contribution in [1.29, 1.82) is 0 Å². The highest BCUT2D eigenvalue weighted by atomic mass is 16.5. The molecule has 0 spiro atoms. The molecule has 5 aromatic rings. The van der Waals surface area contributed by atoms with Crippen molar-refractivity contribution in [3.8, 4) is 11.5 Å². The first-order valence-electron chi connectivity index (χ1n) is 11.2. The molecule has 0 saturated carbocycles. The number of ether oxygens (including phenoxy) is 2. The maximum Gasteiger partial charge on any atom is 0.305 e. The number of para-hydroxylation sites is 3. The van der Waals surface area contributed by atoms with E-state index in [9.17, 15) is 9.59 Å². The second kappa shape index (κ2) is 10.5. The van der Waals surface area contributed by atoms with Gasteiger partial charge in [-0.1, -0.05) is 54.6 Å². The number of hydrogen-bond acceptors (Lipinski definition) is 6. The summed E-state index contributed by atoms with van der Waals surface area (Å²) >= 11 is 0. The smallest absolute Gasteiger partial charge is 0.305 e. The zero-order valence-corrected chi connectivity index (χ0v) is 19.1. The fourth-order valence-electron chi connectivity index (χ4n) is 3.58. The van der Waals surface area contributed by atoms with Crippen LogP contribution in [-0.4, -0.2) is 11.8 Å². The number of hydrazine groups is 1. The van der Waals surface area contributed by atoms with Crippen LogP contribution in [0.4, 0.5) is 0 Å². The minimum atomic E-state index is -0.620. The molecule has 0 aliphatic carbocycles. The highest BCUT2D eigenvalue weighted by Gasteiger charge is 2.22. The second-order valence-electron chi connectivity index (χ2n) is 7.78. The Morgan fingerprint density at radius 1 is 0.639 bits per heavy atom. The third-order valence-corrected chi connectivity index (χ3v) is 5.33. The Labute approximate surface area is 206 Å². The molecule has 2 aromatic heterocycles. The van der Waals surface area contributed by atoms with Crippen molar-refractivity contribution in [2.45, 2.75) is 13.2 Å². The number of amides is 2. The van der Waals surface area contributed by atoms with Crippen LogP contribution in [0.5, 0.6) is 11.5 Å². The highest BCUT2D eigenvalue weighted by molar-refractivity contribution is 6.00. The van der Waals surface area contributed by atoms with Gasteiger partial charge in [0.25, 0.3) is 0 Å². The fraction of sp³-hybridized carbons (Fsp3) is 0.0714. The van der Waals surface area contributed by atoms with Crippen molar-refractivity contribution in [2.75, 3.05) is 0 Å². The summed E-state index contributed by atoms with van der Waals surface area (Å²) in [6, 6.07) is 28.9. The van der Waals surface area contributed by atoms with E-state index in [0.717, 1.165) is 5.39 Å². The Bertz CT molecular complexity index is 1470. The van der Waals surface area contributed by atoms with Crippen molar-refractivity contribution in [3.63, 3.8) is 0 Å². The van der Waals surface area contributed by atoms with Crippen LogP contribution in [0.3, 0.4) is 0 Å². The third-order valence-electron chi connectivity index (χ3n) is 5.33. The first kappa shape index (κ1) is 22.8. The summed E-state index contributed by atoms with van der Waals surface area (Å²) in [5.74, 6) is 0.645. The maximum atomic E-state index is 12.9. The molecule has 180 valence electrons. The number of fused-ring (bicyclic) bond motifs is 1. The lowest BCUT2D eigenvalue weighted by molar-refractivity contribution is 0.0814. The molecule has 0 aliphatic rings. The summed E-state index contributed by atoms with van der Waals surface area (Å²) < 4.78 is 22.8. The number of carbonyl (C=O) groups excluding carboxylic acids is 2. The summed E-state index contributed by atoms with van der Waals surface area (Å²) in [5, 5.41) is 0.749. The topological polar surface area (TPSA) is 103 Å². The molecule has 0 aliphatic heterocycles. The van der Waals surface area contributed by atoms with Crippen molar-refractivity contribution >= 4 is 22.8 Å². The first-order valence-corrected chi connectivity index (χ1v) is 11.2. The molecular weight excluding hydrogens is 460 g/mol. The van der Waals surface area contributed by atoms with Gasteiger partial charge in [0.2, 0.25) is 5.76 Å². The fourth-order valence-corrected chi connectivity index (χ4v) is 3.58. The second-order valence-corrected chi connectivity index (χ2v) is 7.78. The van der Waals surface area contributed by atoms with E-state index < -0.39 is 11.8 Å². The molecule has 5 rings (SSSR count). The minimum Gasteiger partial charge on any atom is -0.489 e. The molecule has 0 fully saturated rings. The number of hydrogen-bond donors (Lipinski definition) is 2. The van der Waals surface area contributed by atoms with Gasteiger partial charge in [-0.25, -0.2) is 0 Å². The lowest BCUT2D eigenvalue weighted by Crippen LogP contribution is -2.41. The molecule has 8 nitrogen and oxygen atoms in total. The van der Waals surface area contributed by atoms with E-state index in [2.05, 4.69) is 10.9 Å². The number of carbonyl (C=O) groups is 2. The van der Waals surface area contributed by atoms with Gasteiger partial charge >= 0.3 is 11.8 Å². The van der Waals surface area contributed by atoms with Crippen molar-refractivity contribution in [1.82, 2.24) is 10.9 Å². The molecular formula is C28H22N2O6. The largest absolute Gasteiger partial charge is 0.489 e. The third kappa shape index (κ3) is 5.23. The van der Waals surface area contributed by atoms with E-state index in [0.29, 0.717) is 28.4 Å². The summed E-state index contributed by atoms with van der Waals surface area (Å²) in [4.78, 5) is 25.4. The summed E-state index contributed by atoms with van der Waals surface area (Å²) in [5.41, 5.74) is 5.85. The predicted octanol–water partition coefficient (Wildman–Crippen LogP) is 5.26. The molecule has 2 amide bonds. The Morgan fingerprint density at radius 2 is 1.25 bits per heavy atom. The van der Waals surface area contributed by atoms with Crippen LogP contribution < -0.4 is 20.3 Å². The minimum absolute atomic E-state index is 0.0270. The van der Waals surface area contributed by atoms with E-state index in [1.807, 2.05) is 78.9 Å². The summed E-state index contributed by atoms with van der Waals surface area (Å²) in [6.45, 7) is 0.272. The van der Waals surface area contributed by atoms with Gasteiger partial charge in [-0.15, -0.1) is 0 Å². The van der Waals surface area contributed by atoms with Crippen LogP contribution >= 0.6 is 0 Å². The van der Waals surface area contributed by atoms with Gasteiger partial charge < -0.3 is 18.3 Å². The predicted molar refractivity (Wildman–Crippen MR) is 131 cm³/mol. The van der Waals surface area contributed by atoms with Crippen LogP contribution in [0.15, 0.2) is 106 Å². The Kier molecular flexibility index (Phi) is 6.66. The number of furan rings is 2. The van der Waals surface area contributed by atoms with E-state index in [4.69, 9.17) is 18.3 Å². The van der Waals surface area contributed by atoms with E-state index in [-0.39, 0.29) is 24.7 Å². The van der Waals surface area contributed by atoms with Crippen LogP contribution in [0.2, 0.25) is 0 Å². The normalized spacial score (nSPS) is 10.7. The van der Waals surface area contributed by atoms with Crippen LogP contribution in [0.1, 0.15) is 32.4 Å². The highest BCUT2D eigenvalue weighted by Crippen LogP contribution is 2.27. The molecule has 36 heavy (non-hydrogen) atoms. The van der Waals surface area contributed by atoms with Crippen molar-refractivity contribution in [3.05, 3.63) is 120 Å². The molecule has 2 heterocycles. The zero-order valence-electron chi connectivity index (χ0n) is 19.1. The standard InChI is InChI=1S/C28H22N2O6/c31-27(25-16-15-21(35-25)17-33-19-9-3-1-4-10-19)29-30-28(32)26-23(18-34-20-11-5-2-6-12-20)22-13-7-8-14-24(22)36-26/h1-16H,17-18H2,(H,29,31)(H,30,32). The van der Waals surface area contributed by atoms with Crippen LogP contribution in [0.25, 0.3) is 11.0 Å². The van der Waals surface area contributed by atoms with Crippen LogP contribution in [-0.2, 0) is 13.2 Å². The van der Waals surface area contributed by atoms with E-state index >= 15 is 0 Å². The summed E-state index contributed by atoms with van der Waals surface area (Å²) in [7, 11) is 0. The van der Waals surface area contributed by atoms with Gasteiger partial charge in [0.15, 0.2) is 5.76 Å². The lowest BCUT2D eigenvalue weighted by Gasteiger charge is -2.08. The molecule has 8 heteroatoms. The van der Waals surface area contributed by atoms with Gasteiger partial charge in [0, 0.05) is 10.9 Å². The number of rotatable bonds is 8. The molecule has 0 saturated heterocycles. The van der Waals surface area contributed by atoms with Crippen molar-refractivity contribution < 1.29 is 27.9 Å². The molecule has 0 atom stereocenters. The van der Waals surface area contributed by atoms with Crippen molar-refractivity contribution in [2.24, 2.45) is 0 Å². The SMILES string of the molecule is O=C(NNC(=O)c1oc2ccccc2c1COc1ccccc1)c1ccc(COc2ccccc2)o1. The average molecular weight is 482 g/mol. The number of benzene rings is 3. The monoisotopic (exact) mass is 482 g/mol. The van der Waals surface area contributed by atoms with Gasteiger partial charge in [-0.05, 0) is 42.5 Å². The maximum absolute atomic E-state index is 12.9. The molecule has 0 bridgehead atoms. The average Bonchev–Trinajstić information content (AvgIpc) is 3.55. The van der Waals surface area contributed by atoms with Gasteiger partial charge in [-0.2, -0.15) is 0 Å². The Balaban J connectivity index is 1.23. The zero-order chi connectivity index (χ0) is 24.7. The van der Waals surface area contributed by atoms with Gasteiger partial charge in [-0.3, -0.25) is 20.4 Å². The van der Waals surface area contributed by atoms with Gasteiger partial charge in [0.05, 0.1) is 0 Å². The quantitative estimate of drug-likeness (QED) is 0.293. The van der Waals surface area contributed by atoms with E-state index in [1.165, 1.54) is 6.07 Å². The molecule has 0 radical (unpaired) electrons. The molecule has 3 aromatic carbocycles. The van der Waals surface area contributed by atoms with Crippen LogP contribution in [0, 0.1) is 0 Å². The van der Waals surface area contributed by atoms with Gasteiger partial charge in [0.1, 0.15) is 36.1 Å². The summed E-state index contributed by atoms with van der Waals surface area (Å²) in [6.07, 6.45) is 0. The molecule has 2 N–H and O–H groups in total. The Morgan fingerprint density at radius 3 is 1.97 bits per heavy atom. The first-order chi connectivity index (χ1) is 17.7. The van der Waals surface area contributed by atoms with E-state index in [1.54, 1.807) is 12.1 Å². The Hall–Kier alpha value is -4.98. The lowest BCUT2D eigenvalue weighted by atomic mass is 10.1. The molecule has 0 unspecified atom stereocenters.